The van der Waals surface area contributed by atoms with Crippen LogP contribution in [0, 0.1) is 0 Å². The van der Waals surface area contributed by atoms with Crippen molar-refractivity contribution in [3.8, 4) is 22.8 Å². The molecule has 3 aromatic carbocycles. The molecule has 0 aliphatic carbocycles. The standard InChI is InChI=1S/C26H24N2O6S/c1-28-22-7-5-4-6-18(22)15-23(28)21-14-19(25(33-2)16-26(21)34-3)10-13-24(29)17-8-11-20(12-9-17)35(31,32)27-30/h4-16,27,30H,1-3H3. The lowest BCUT2D eigenvalue weighted by molar-refractivity contribution is 0.104. The molecule has 9 heteroatoms. The molecule has 35 heavy (non-hydrogen) atoms. The van der Waals surface area contributed by atoms with E-state index in [4.69, 9.17) is 14.7 Å². The smallest absolute Gasteiger partial charge is 0.262 e. The van der Waals surface area contributed by atoms with Gasteiger partial charge in [-0.2, -0.15) is 0 Å². The van der Waals surface area contributed by atoms with Gasteiger partial charge in [0.15, 0.2) is 5.78 Å². The van der Waals surface area contributed by atoms with Crippen molar-refractivity contribution in [1.82, 2.24) is 9.45 Å². The molecule has 0 fully saturated rings. The minimum absolute atomic E-state index is 0.156. The zero-order chi connectivity index (χ0) is 25.2. The van der Waals surface area contributed by atoms with Crippen molar-refractivity contribution in [2.24, 2.45) is 7.05 Å². The van der Waals surface area contributed by atoms with E-state index in [0.717, 1.165) is 22.2 Å². The molecule has 0 saturated heterocycles. The fourth-order valence-electron chi connectivity index (χ4n) is 3.91. The number of methoxy groups -OCH3 is 2. The van der Waals surface area contributed by atoms with Crippen LogP contribution in [0.5, 0.6) is 11.5 Å². The summed E-state index contributed by atoms with van der Waals surface area (Å²) < 4.78 is 36.6. The highest BCUT2D eigenvalue weighted by molar-refractivity contribution is 7.89. The van der Waals surface area contributed by atoms with Crippen LogP contribution in [0.2, 0.25) is 0 Å². The number of allylic oxidation sites excluding steroid dienone is 1. The summed E-state index contributed by atoms with van der Waals surface area (Å²) in [5.74, 6) is 0.837. The number of aryl methyl sites for hydroxylation is 1. The number of nitrogens with one attached hydrogen (secondary N) is 1. The van der Waals surface area contributed by atoms with E-state index >= 15 is 0 Å². The van der Waals surface area contributed by atoms with Crippen LogP contribution in [-0.4, -0.2) is 38.2 Å². The molecule has 0 aliphatic heterocycles. The molecule has 4 rings (SSSR count). The Kier molecular flexibility index (Phi) is 6.74. The lowest BCUT2D eigenvalue weighted by atomic mass is 10.0. The van der Waals surface area contributed by atoms with Crippen molar-refractivity contribution in [2.45, 2.75) is 4.90 Å². The first-order valence-corrected chi connectivity index (χ1v) is 12.1. The summed E-state index contributed by atoms with van der Waals surface area (Å²) in [6, 6.07) is 19.1. The first kappa shape index (κ1) is 24.2. The van der Waals surface area contributed by atoms with Crippen LogP contribution in [0.4, 0.5) is 0 Å². The third-order valence-corrected chi connectivity index (χ3v) is 6.90. The second kappa shape index (κ2) is 9.75. The van der Waals surface area contributed by atoms with Crippen molar-refractivity contribution in [2.75, 3.05) is 14.2 Å². The van der Waals surface area contributed by atoms with Gasteiger partial charge in [-0.1, -0.05) is 23.1 Å². The number of fused-ring (bicyclic) bond motifs is 1. The lowest BCUT2D eigenvalue weighted by Gasteiger charge is -2.14. The van der Waals surface area contributed by atoms with Gasteiger partial charge in [-0.05, 0) is 54.6 Å². The summed E-state index contributed by atoms with van der Waals surface area (Å²) in [6.45, 7) is 0. The van der Waals surface area contributed by atoms with Crippen LogP contribution in [0.1, 0.15) is 15.9 Å². The van der Waals surface area contributed by atoms with E-state index in [9.17, 15) is 13.2 Å². The number of benzene rings is 3. The Morgan fingerprint density at radius 1 is 0.971 bits per heavy atom. The highest BCUT2D eigenvalue weighted by atomic mass is 32.2. The number of hydrogen-bond acceptors (Lipinski definition) is 6. The summed E-state index contributed by atoms with van der Waals surface area (Å²) in [5, 5.41) is 9.84. The Labute approximate surface area is 203 Å². The molecule has 0 radical (unpaired) electrons. The van der Waals surface area contributed by atoms with Gasteiger partial charge in [0.05, 0.1) is 24.8 Å². The zero-order valence-corrected chi connectivity index (χ0v) is 20.2. The maximum atomic E-state index is 12.7. The SMILES string of the molecule is COc1cc(OC)c(-c2cc3ccccc3n2C)cc1C=CC(=O)c1ccc(S(=O)(=O)NO)cc1. The molecule has 1 heterocycles. The molecule has 0 spiro atoms. The second-order valence-electron chi connectivity index (χ2n) is 7.76. The summed E-state index contributed by atoms with van der Waals surface area (Å²) in [6.07, 6.45) is 3.04. The van der Waals surface area contributed by atoms with Crippen LogP contribution in [0.15, 0.2) is 77.7 Å². The number of para-hydroxylation sites is 1. The van der Waals surface area contributed by atoms with E-state index in [1.165, 1.54) is 35.2 Å². The third kappa shape index (κ3) is 4.69. The Morgan fingerprint density at radius 3 is 2.29 bits per heavy atom. The second-order valence-corrected chi connectivity index (χ2v) is 9.42. The van der Waals surface area contributed by atoms with E-state index in [1.807, 2.05) is 37.4 Å². The lowest BCUT2D eigenvalue weighted by Crippen LogP contribution is -2.19. The summed E-state index contributed by atoms with van der Waals surface area (Å²) >= 11 is 0. The van der Waals surface area contributed by atoms with Crippen molar-refractivity contribution < 1.29 is 27.9 Å². The van der Waals surface area contributed by atoms with Crippen LogP contribution in [0.3, 0.4) is 0 Å². The van der Waals surface area contributed by atoms with Gasteiger partial charge in [0.1, 0.15) is 11.5 Å². The number of carbonyl (C=O) groups is 1. The molecule has 0 saturated carbocycles. The van der Waals surface area contributed by atoms with Crippen molar-refractivity contribution >= 4 is 32.8 Å². The quantitative estimate of drug-likeness (QED) is 0.214. The summed E-state index contributed by atoms with van der Waals surface area (Å²) in [7, 11) is 1.11. The van der Waals surface area contributed by atoms with Crippen LogP contribution in [-0.2, 0) is 17.1 Å². The molecule has 180 valence electrons. The van der Waals surface area contributed by atoms with Gasteiger partial charge in [-0.15, -0.1) is 0 Å². The summed E-state index contributed by atoms with van der Waals surface area (Å²) in [5.41, 5.74) is 3.82. The maximum absolute atomic E-state index is 12.7. The molecule has 2 N–H and O–H groups in total. The van der Waals surface area contributed by atoms with Gasteiger partial charge in [0, 0.05) is 40.7 Å². The Balaban J connectivity index is 1.71. The maximum Gasteiger partial charge on any atom is 0.262 e. The minimum atomic E-state index is -4.01. The van der Waals surface area contributed by atoms with Crippen LogP contribution < -0.4 is 14.4 Å². The van der Waals surface area contributed by atoms with Gasteiger partial charge in [0.25, 0.3) is 10.0 Å². The predicted molar refractivity (Wildman–Crippen MR) is 133 cm³/mol. The third-order valence-electron chi connectivity index (χ3n) is 5.76. The normalized spacial score (nSPS) is 11.8. The molecule has 0 bridgehead atoms. The zero-order valence-electron chi connectivity index (χ0n) is 19.3. The van der Waals surface area contributed by atoms with Gasteiger partial charge >= 0.3 is 0 Å². The highest BCUT2D eigenvalue weighted by Crippen LogP contribution is 2.38. The van der Waals surface area contributed by atoms with E-state index in [-0.39, 0.29) is 10.7 Å². The predicted octanol–water partition coefficient (Wildman–Crippen LogP) is 4.43. The fourth-order valence-corrected chi connectivity index (χ4v) is 4.51. The Morgan fingerprint density at radius 2 is 1.66 bits per heavy atom. The van der Waals surface area contributed by atoms with Gasteiger partial charge in [-0.25, -0.2) is 8.42 Å². The number of sulfonamides is 1. The molecular weight excluding hydrogens is 468 g/mol. The largest absolute Gasteiger partial charge is 0.496 e. The number of rotatable bonds is 8. The minimum Gasteiger partial charge on any atom is -0.496 e. The average Bonchev–Trinajstić information content (AvgIpc) is 3.23. The van der Waals surface area contributed by atoms with E-state index in [0.29, 0.717) is 22.6 Å². The number of aromatic nitrogens is 1. The average molecular weight is 493 g/mol. The molecular formula is C26H24N2O6S. The van der Waals surface area contributed by atoms with Crippen molar-refractivity contribution in [1.29, 1.82) is 0 Å². The number of hydrogen-bond donors (Lipinski definition) is 2. The number of ether oxygens (including phenoxy) is 2. The number of carbonyl (C=O) groups excluding carboxylic acids is 1. The van der Waals surface area contributed by atoms with Gasteiger partial charge < -0.3 is 19.2 Å². The molecule has 0 amide bonds. The van der Waals surface area contributed by atoms with Crippen LogP contribution >= 0.6 is 0 Å². The van der Waals surface area contributed by atoms with E-state index in [1.54, 1.807) is 26.4 Å². The molecule has 0 atom stereocenters. The monoisotopic (exact) mass is 492 g/mol. The van der Waals surface area contributed by atoms with Gasteiger partial charge in [0.2, 0.25) is 0 Å². The fraction of sp³-hybridized carbons (Fsp3) is 0.115. The van der Waals surface area contributed by atoms with Crippen molar-refractivity contribution in [3.63, 3.8) is 0 Å². The molecule has 0 aliphatic rings. The number of ketones is 1. The number of nitrogens with zero attached hydrogens (tertiary/aromatic N) is 1. The Hall–Kier alpha value is -3.92. The van der Waals surface area contributed by atoms with E-state index in [2.05, 4.69) is 10.6 Å². The summed E-state index contributed by atoms with van der Waals surface area (Å²) in [4.78, 5) is 13.8. The first-order chi connectivity index (χ1) is 16.8. The van der Waals surface area contributed by atoms with Crippen molar-refractivity contribution in [3.05, 3.63) is 83.9 Å². The molecule has 0 unspecified atom stereocenters. The molecule has 4 aromatic rings. The highest BCUT2D eigenvalue weighted by Gasteiger charge is 2.17. The van der Waals surface area contributed by atoms with E-state index < -0.39 is 10.0 Å². The van der Waals surface area contributed by atoms with Gasteiger partial charge in [-0.3, -0.25) is 4.79 Å². The first-order valence-electron chi connectivity index (χ1n) is 10.6. The topological polar surface area (TPSA) is 107 Å². The Bertz CT molecular complexity index is 1540. The molecule has 1 aromatic heterocycles. The molecule has 8 nitrogen and oxygen atoms in total. The van der Waals surface area contributed by atoms with Crippen LogP contribution in [0.25, 0.3) is 28.2 Å².